The van der Waals surface area contributed by atoms with Crippen LogP contribution in [0.4, 0.5) is 0 Å². The summed E-state index contributed by atoms with van der Waals surface area (Å²) in [5.74, 6) is -0.290. The highest BCUT2D eigenvalue weighted by Gasteiger charge is 2.34. The molecule has 0 aromatic heterocycles. The summed E-state index contributed by atoms with van der Waals surface area (Å²) in [6.45, 7) is 5.70. The monoisotopic (exact) mass is 398 g/mol. The summed E-state index contributed by atoms with van der Waals surface area (Å²) in [7, 11) is -3.92. The zero-order valence-electron chi connectivity index (χ0n) is 14.7. The number of benzene rings is 2. The van der Waals surface area contributed by atoms with E-state index in [9.17, 15) is 13.2 Å². The van der Waals surface area contributed by atoms with Crippen molar-refractivity contribution in [3.8, 4) is 0 Å². The lowest BCUT2D eigenvalue weighted by atomic mass is 10.2. The van der Waals surface area contributed by atoms with Gasteiger partial charge in [0, 0.05) is 6.54 Å². The van der Waals surface area contributed by atoms with Gasteiger partial charge in [-0.2, -0.15) is 8.42 Å². The summed E-state index contributed by atoms with van der Waals surface area (Å²) in [6, 6.07) is 15.8. The van der Waals surface area contributed by atoms with Gasteiger partial charge >= 0.3 is 0 Å². The number of carbonyl (C=O) groups is 1. The Labute approximate surface area is 163 Å². The van der Waals surface area contributed by atoms with Gasteiger partial charge in [-0.25, -0.2) is 0 Å². The molecule has 0 unspecified atom stereocenters. The lowest BCUT2D eigenvalue weighted by Crippen LogP contribution is -2.29. The van der Waals surface area contributed by atoms with Crippen LogP contribution in [0.3, 0.4) is 0 Å². The first kappa shape index (κ1) is 19.1. The molecule has 138 valence electrons. The van der Waals surface area contributed by atoms with Gasteiger partial charge in [0.1, 0.15) is 0 Å². The maximum absolute atomic E-state index is 12.7. The van der Waals surface area contributed by atoms with Crippen molar-refractivity contribution in [2.24, 2.45) is 4.40 Å². The van der Waals surface area contributed by atoms with Crippen LogP contribution >= 0.6 is 11.8 Å². The average Bonchev–Trinajstić information content (AvgIpc) is 2.91. The van der Waals surface area contributed by atoms with Crippen molar-refractivity contribution < 1.29 is 13.2 Å². The third-order valence-corrected chi connectivity index (χ3v) is 6.22. The van der Waals surface area contributed by atoms with Crippen molar-refractivity contribution in [3.05, 3.63) is 83.3 Å². The van der Waals surface area contributed by atoms with E-state index in [1.807, 2.05) is 37.3 Å². The van der Waals surface area contributed by atoms with Crippen LogP contribution in [-0.4, -0.2) is 30.9 Å². The Balaban J connectivity index is 1.99. The van der Waals surface area contributed by atoms with E-state index in [0.717, 1.165) is 22.9 Å². The lowest BCUT2D eigenvalue weighted by molar-refractivity contribution is -0.121. The number of thioether (sulfide) groups is 1. The third-order valence-electron chi connectivity index (χ3n) is 3.81. The minimum atomic E-state index is -3.92. The van der Waals surface area contributed by atoms with E-state index in [0.29, 0.717) is 4.91 Å². The molecule has 0 N–H and O–H groups in total. The topological polar surface area (TPSA) is 66.8 Å². The van der Waals surface area contributed by atoms with Crippen LogP contribution in [0.15, 0.2) is 81.5 Å². The van der Waals surface area contributed by atoms with Gasteiger partial charge in [0.25, 0.3) is 15.9 Å². The highest BCUT2D eigenvalue weighted by Crippen LogP contribution is 2.33. The molecule has 1 fully saturated rings. The van der Waals surface area contributed by atoms with Crippen LogP contribution < -0.4 is 0 Å². The van der Waals surface area contributed by atoms with Gasteiger partial charge in [0.05, 0.1) is 9.80 Å². The number of amides is 1. The van der Waals surface area contributed by atoms with Gasteiger partial charge in [-0.3, -0.25) is 9.69 Å². The van der Waals surface area contributed by atoms with Crippen LogP contribution in [0, 0.1) is 6.92 Å². The number of sulfonamides is 1. The molecule has 1 saturated heterocycles. The van der Waals surface area contributed by atoms with Gasteiger partial charge < -0.3 is 0 Å². The number of hydrogen-bond donors (Lipinski definition) is 0. The van der Waals surface area contributed by atoms with Crippen LogP contribution in [0.25, 0.3) is 6.08 Å². The molecule has 0 atom stereocenters. The summed E-state index contributed by atoms with van der Waals surface area (Å²) < 4.78 is 29.2. The van der Waals surface area contributed by atoms with Gasteiger partial charge in [-0.1, -0.05) is 54.1 Å². The minimum Gasteiger partial charge on any atom is -0.282 e. The molecule has 3 rings (SSSR count). The van der Waals surface area contributed by atoms with Crippen molar-refractivity contribution >= 4 is 38.9 Å². The molecule has 7 heteroatoms. The molecule has 0 saturated carbocycles. The van der Waals surface area contributed by atoms with Gasteiger partial charge in [-0.15, -0.1) is 11.0 Å². The van der Waals surface area contributed by atoms with Crippen LogP contribution in [0.5, 0.6) is 0 Å². The number of nitrogens with zero attached hydrogens (tertiary/aromatic N) is 2. The molecule has 2 aromatic carbocycles. The smallest absolute Gasteiger partial charge is 0.282 e. The molecule has 1 heterocycles. The Morgan fingerprint density at radius 3 is 2.41 bits per heavy atom. The highest BCUT2D eigenvalue weighted by molar-refractivity contribution is 8.19. The summed E-state index contributed by atoms with van der Waals surface area (Å²) in [6.07, 6.45) is 3.27. The van der Waals surface area contributed by atoms with E-state index in [2.05, 4.69) is 11.0 Å². The zero-order valence-corrected chi connectivity index (χ0v) is 16.3. The second-order valence-electron chi connectivity index (χ2n) is 5.89. The van der Waals surface area contributed by atoms with Crippen molar-refractivity contribution in [2.45, 2.75) is 11.8 Å². The molecule has 0 spiro atoms. The molecule has 1 aliphatic heterocycles. The Kier molecular flexibility index (Phi) is 5.62. The van der Waals surface area contributed by atoms with Crippen molar-refractivity contribution in [2.75, 3.05) is 6.54 Å². The fraction of sp³-hybridized carbons (Fsp3) is 0.100. The molecule has 0 radical (unpaired) electrons. The maximum atomic E-state index is 12.7. The number of amidine groups is 1. The van der Waals surface area contributed by atoms with E-state index in [1.165, 1.54) is 23.1 Å². The molecule has 0 bridgehead atoms. The Morgan fingerprint density at radius 1 is 1.11 bits per heavy atom. The van der Waals surface area contributed by atoms with Crippen LogP contribution in [-0.2, 0) is 14.8 Å². The highest BCUT2D eigenvalue weighted by atomic mass is 32.2. The summed E-state index contributed by atoms with van der Waals surface area (Å²) in [5.41, 5.74) is 1.81. The Bertz CT molecular complexity index is 1020. The molecule has 1 aliphatic rings. The Hall–Kier alpha value is -2.64. The fourth-order valence-electron chi connectivity index (χ4n) is 2.43. The van der Waals surface area contributed by atoms with E-state index in [-0.39, 0.29) is 22.5 Å². The zero-order chi connectivity index (χ0) is 19.4. The van der Waals surface area contributed by atoms with Gasteiger partial charge in [-0.05, 0) is 42.5 Å². The van der Waals surface area contributed by atoms with Gasteiger partial charge in [0.2, 0.25) is 0 Å². The van der Waals surface area contributed by atoms with Crippen LogP contribution in [0.2, 0.25) is 0 Å². The number of rotatable bonds is 5. The van der Waals surface area contributed by atoms with E-state index >= 15 is 0 Å². The molecule has 5 nitrogen and oxygen atoms in total. The normalized spacial score (nSPS) is 17.7. The maximum Gasteiger partial charge on any atom is 0.284 e. The predicted octanol–water partition coefficient (Wildman–Crippen LogP) is 3.84. The molecular weight excluding hydrogens is 380 g/mol. The molecule has 0 aliphatic carbocycles. The van der Waals surface area contributed by atoms with Crippen LogP contribution in [0.1, 0.15) is 11.1 Å². The summed E-state index contributed by atoms with van der Waals surface area (Å²) >= 11 is 1.05. The predicted molar refractivity (Wildman–Crippen MR) is 110 cm³/mol. The SMILES string of the molecule is C=CCN1C(=O)/C(=C\c2ccccc2)S/C1=N/S(=O)(=O)c1ccc(C)cc1. The summed E-state index contributed by atoms with van der Waals surface area (Å²) in [4.78, 5) is 14.5. The molecule has 2 aromatic rings. The number of hydrogen-bond acceptors (Lipinski definition) is 4. The molecule has 1 amide bonds. The fourth-order valence-corrected chi connectivity index (χ4v) is 4.62. The quantitative estimate of drug-likeness (QED) is 0.567. The number of carbonyl (C=O) groups excluding carboxylic acids is 1. The van der Waals surface area contributed by atoms with Crippen molar-refractivity contribution in [1.29, 1.82) is 0 Å². The largest absolute Gasteiger partial charge is 0.284 e. The summed E-state index contributed by atoms with van der Waals surface area (Å²) in [5, 5.41) is 0.127. The third kappa shape index (κ3) is 4.37. The minimum absolute atomic E-state index is 0.0905. The first-order chi connectivity index (χ1) is 12.9. The second-order valence-corrected chi connectivity index (χ2v) is 8.50. The number of aryl methyl sites for hydroxylation is 1. The van der Waals surface area contributed by atoms with Crippen molar-refractivity contribution in [3.63, 3.8) is 0 Å². The van der Waals surface area contributed by atoms with Gasteiger partial charge in [0.15, 0.2) is 5.17 Å². The lowest BCUT2D eigenvalue weighted by Gasteiger charge is -2.12. The Morgan fingerprint density at radius 2 is 1.78 bits per heavy atom. The second kappa shape index (κ2) is 7.94. The van der Waals surface area contributed by atoms with E-state index in [4.69, 9.17) is 0 Å². The first-order valence-electron chi connectivity index (χ1n) is 8.20. The van der Waals surface area contributed by atoms with E-state index in [1.54, 1.807) is 18.2 Å². The molecular formula is C20H18N2O3S2. The first-order valence-corrected chi connectivity index (χ1v) is 10.5. The van der Waals surface area contributed by atoms with E-state index < -0.39 is 10.0 Å². The standard InChI is InChI=1S/C20H18N2O3S2/c1-3-13-22-19(23)18(14-16-7-5-4-6-8-16)26-20(22)21-27(24,25)17-11-9-15(2)10-12-17/h3-12,14H,1,13H2,2H3/b18-14+,21-20+. The van der Waals surface area contributed by atoms with Crippen molar-refractivity contribution in [1.82, 2.24) is 4.90 Å². The average molecular weight is 399 g/mol. The molecule has 27 heavy (non-hydrogen) atoms.